The van der Waals surface area contributed by atoms with Crippen LogP contribution in [0.3, 0.4) is 0 Å². The Hall–Kier alpha value is -0.800. The second kappa shape index (κ2) is 4.22. The summed E-state index contributed by atoms with van der Waals surface area (Å²) in [6, 6.07) is 4.23. The van der Waals surface area contributed by atoms with Gasteiger partial charge in [0, 0.05) is 13.0 Å². The van der Waals surface area contributed by atoms with Crippen LogP contribution in [0.25, 0.3) is 6.08 Å². The molecule has 2 rings (SSSR count). The largest absolute Gasteiger partial charge is 0.486 e. The van der Waals surface area contributed by atoms with Crippen LogP contribution < -0.4 is 10.5 Å². The van der Waals surface area contributed by atoms with Crippen molar-refractivity contribution in [1.29, 1.82) is 0 Å². The van der Waals surface area contributed by atoms with Crippen LogP contribution in [0.2, 0.25) is 0 Å². The van der Waals surface area contributed by atoms with E-state index in [1.807, 2.05) is 12.2 Å². The lowest BCUT2D eigenvalue weighted by Gasteiger charge is -2.17. The minimum Gasteiger partial charge on any atom is -0.486 e. The number of ether oxygens (including phenoxy) is 1. The first-order valence-electron chi connectivity index (χ1n) is 5.40. The van der Waals surface area contributed by atoms with Gasteiger partial charge in [-0.25, -0.2) is 0 Å². The number of rotatable bonds is 2. The van der Waals surface area contributed by atoms with Gasteiger partial charge in [0.1, 0.15) is 11.4 Å². The van der Waals surface area contributed by atoms with Crippen molar-refractivity contribution in [1.82, 2.24) is 0 Å². The predicted molar refractivity (Wildman–Crippen MR) is 70.6 cm³/mol. The minimum absolute atomic E-state index is 0.0962. The molecule has 0 atom stereocenters. The van der Waals surface area contributed by atoms with Gasteiger partial charge < -0.3 is 10.5 Å². The van der Waals surface area contributed by atoms with Crippen LogP contribution in [0.4, 0.5) is 0 Å². The molecule has 0 spiro atoms. The van der Waals surface area contributed by atoms with Crippen molar-refractivity contribution in [2.24, 2.45) is 5.73 Å². The number of hydrogen-bond acceptors (Lipinski definition) is 2. The maximum atomic E-state index is 5.89. The van der Waals surface area contributed by atoms with E-state index in [1.165, 1.54) is 5.56 Å². The summed E-state index contributed by atoms with van der Waals surface area (Å²) in [5, 5.41) is 0. The van der Waals surface area contributed by atoms with Gasteiger partial charge in [-0.3, -0.25) is 0 Å². The molecule has 2 nitrogen and oxygen atoms in total. The summed E-state index contributed by atoms with van der Waals surface area (Å²) in [6.07, 6.45) is 4.94. The van der Waals surface area contributed by atoms with E-state index in [1.54, 1.807) is 0 Å². The first-order chi connectivity index (χ1) is 7.52. The van der Waals surface area contributed by atoms with E-state index in [9.17, 15) is 0 Å². The average Bonchev–Trinajstić information content (AvgIpc) is 2.50. The van der Waals surface area contributed by atoms with E-state index in [4.69, 9.17) is 10.5 Å². The molecule has 86 valence electrons. The van der Waals surface area contributed by atoms with E-state index < -0.39 is 0 Å². The van der Waals surface area contributed by atoms with Crippen LogP contribution in [0, 0.1) is 0 Å². The minimum atomic E-state index is -0.0962. The zero-order valence-corrected chi connectivity index (χ0v) is 11.2. The standard InChI is InChI=1S/C13H16BrNO/c1-13(2)8-10-6-9(4-3-5-15)7-11(14)12(10)16-13/h3-4,6-7H,5,8,15H2,1-2H3/b4-3+. The first kappa shape index (κ1) is 11.7. The van der Waals surface area contributed by atoms with Gasteiger partial charge in [-0.15, -0.1) is 0 Å². The fraction of sp³-hybridized carbons (Fsp3) is 0.385. The molecule has 0 unspecified atom stereocenters. The molecular formula is C13H16BrNO. The molecule has 1 heterocycles. The second-order valence-electron chi connectivity index (χ2n) is 4.67. The molecule has 0 aliphatic carbocycles. The SMILES string of the molecule is CC1(C)Cc2cc(/C=C/CN)cc(Br)c2O1. The molecule has 1 aromatic carbocycles. The van der Waals surface area contributed by atoms with Gasteiger partial charge in [0.2, 0.25) is 0 Å². The molecule has 1 aliphatic heterocycles. The summed E-state index contributed by atoms with van der Waals surface area (Å²) in [7, 11) is 0. The Morgan fingerprint density at radius 1 is 1.50 bits per heavy atom. The molecule has 0 radical (unpaired) electrons. The Kier molecular flexibility index (Phi) is 3.08. The second-order valence-corrected chi connectivity index (χ2v) is 5.52. The third-order valence-corrected chi connectivity index (χ3v) is 3.17. The van der Waals surface area contributed by atoms with Gasteiger partial charge in [-0.2, -0.15) is 0 Å². The smallest absolute Gasteiger partial charge is 0.137 e. The van der Waals surface area contributed by atoms with Crippen molar-refractivity contribution < 1.29 is 4.74 Å². The number of hydrogen-bond donors (Lipinski definition) is 1. The van der Waals surface area contributed by atoms with Crippen molar-refractivity contribution in [2.75, 3.05) is 6.54 Å². The van der Waals surface area contributed by atoms with Gasteiger partial charge in [0.15, 0.2) is 0 Å². The fourth-order valence-electron chi connectivity index (χ4n) is 1.99. The van der Waals surface area contributed by atoms with E-state index in [0.29, 0.717) is 6.54 Å². The molecule has 1 aromatic rings. The van der Waals surface area contributed by atoms with Crippen molar-refractivity contribution in [2.45, 2.75) is 25.9 Å². The fourth-order valence-corrected chi connectivity index (χ4v) is 2.59. The molecule has 16 heavy (non-hydrogen) atoms. The normalized spacial score (nSPS) is 17.5. The summed E-state index contributed by atoms with van der Waals surface area (Å²) >= 11 is 3.55. The topological polar surface area (TPSA) is 35.2 Å². The van der Waals surface area contributed by atoms with Crippen LogP contribution in [0.1, 0.15) is 25.0 Å². The van der Waals surface area contributed by atoms with Crippen molar-refractivity contribution in [3.8, 4) is 5.75 Å². The highest BCUT2D eigenvalue weighted by Gasteiger charge is 2.31. The Labute approximate surface area is 105 Å². The number of fused-ring (bicyclic) bond motifs is 1. The third-order valence-electron chi connectivity index (χ3n) is 2.58. The van der Waals surface area contributed by atoms with Crippen LogP contribution in [0.5, 0.6) is 5.75 Å². The maximum absolute atomic E-state index is 5.89. The summed E-state index contributed by atoms with van der Waals surface area (Å²) in [4.78, 5) is 0. The number of benzene rings is 1. The summed E-state index contributed by atoms with van der Waals surface area (Å²) in [6.45, 7) is 4.78. The zero-order chi connectivity index (χ0) is 11.8. The Balaban J connectivity index is 2.38. The molecule has 0 saturated carbocycles. The van der Waals surface area contributed by atoms with E-state index >= 15 is 0 Å². The number of nitrogens with two attached hydrogens (primary N) is 1. The summed E-state index contributed by atoms with van der Waals surface area (Å²) in [5.74, 6) is 0.981. The zero-order valence-electron chi connectivity index (χ0n) is 9.59. The lowest BCUT2D eigenvalue weighted by molar-refractivity contribution is 0.137. The third kappa shape index (κ3) is 2.30. The van der Waals surface area contributed by atoms with Crippen molar-refractivity contribution in [3.05, 3.63) is 33.8 Å². The Morgan fingerprint density at radius 3 is 2.94 bits per heavy atom. The molecule has 0 fully saturated rings. The van der Waals surface area contributed by atoms with Crippen LogP contribution in [-0.4, -0.2) is 12.1 Å². The highest BCUT2D eigenvalue weighted by atomic mass is 79.9. The number of halogens is 1. The Bertz CT molecular complexity index is 438. The van der Waals surface area contributed by atoms with Gasteiger partial charge in [0.25, 0.3) is 0 Å². The molecular weight excluding hydrogens is 266 g/mol. The predicted octanol–water partition coefficient (Wildman–Crippen LogP) is 3.13. The molecule has 0 aromatic heterocycles. The Morgan fingerprint density at radius 2 is 2.25 bits per heavy atom. The average molecular weight is 282 g/mol. The first-order valence-corrected chi connectivity index (χ1v) is 6.19. The lowest BCUT2D eigenvalue weighted by atomic mass is 10.00. The maximum Gasteiger partial charge on any atom is 0.137 e. The highest BCUT2D eigenvalue weighted by Crippen LogP contribution is 2.41. The van der Waals surface area contributed by atoms with Crippen molar-refractivity contribution >= 4 is 22.0 Å². The van der Waals surface area contributed by atoms with Gasteiger partial charge in [-0.05, 0) is 53.0 Å². The van der Waals surface area contributed by atoms with Gasteiger partial charge in [-0.1, -0.05) is 12.2 Å². The van der Waals surface area contributed by atoms with Crippen LogP contribution >= 0.6 is 15.9 Å². The van der Waals surface area contributed by atoms with E-state index in [2.05, 4.69) is 41.9 Å². The van der Waals surface area contributed by atoms with Crippen LogP contribution in [0.15, 0.2) is 22.7 Å². The van der Waals surface area contributed by atoms with Gasteiger partial charge in [0.05, 0.1) is 4.47 Å². The van der Waals surface area contributed by atoms with E-state index in [-0.39, 0.29) is 5.60 Å². The van der Waals surface area contributed by atoms with Crippen LogP contribution in [-0.2, 0) is 6.42 Å². The molecule has 3 heteroatoms. The molecule has 0 bridgehead atoms. The van der Waals surface area contributed by atoms with Crippen molar-refractivity contribution in [3.63, 3.8) is 0 Å². The molecule has 2 N–H and O–H groups in total. The summed E-state index contributed by atoms with van der Waals surface area (Å²) in [5.41, 5.74) is 7.78. The summed E-state index contributed by atoms with van der Waals surface area (Å²) < 4.78 is 6.91. The lowest BCUT2D eigenvalue weighted by Crippen LogP contribution is -2.24. The van der Waals surface area contributed by atoms with Gasteiger partial charge >= 0.3 is 0 Å². The van der Waals surface area contributed by atoms with E-state index in [0.717, 1.165) is 22.2 Å². The molecule has 0 amide bonds. The molecule has 0 saturated heterocycles. The monoisotopic (exact) mass is 281 g/mol. The molecule has 1 aliphatic rings. The highest BCUT2D eigenvalue weighted by molar-refractivity contribution is 9.10. The quantitative estimate of drug-likeness (QED) is 0.904.